The Kier molecular flexibility index (Phi) is 8.62. The van der Waals surface area contributed by atoms with Gasteiger partial charge in [-0.3, -0.25) is 4.99 Å². The molecule has 0 spiro atoms. The van der Waals surface area contributed by atoms with Crippen LogP contribution in [0.1, 0.15) is 5.56 Å². The molecule has 2 rings (SSSR count). The van der Waals surface area contributed by atoms with Crippen molar-refractivity contribution in [1.29, 1.82) is 0 Å². The summed E-state index contributed by atoms with van der Waals surface area (Å²) in [6, 6.07) is 9.08. The Labute approximate surface area is 163 Å². The first-order chi connectivity index (χ1) is 11.1. The SMILES string of the molecule is COc1ccc(OC)c(NC(N)=NCCc2ccc(Cl)nc2)c1.I. The summed E-state index contributed by atoms with van der Waals surface area (Å²) in [5.74, 6) is 1.66. The van der Waals surface area contributed by atoms with E-state index in [9.17, 15) is 0 Å². The van der Waals surface area contributed by atoms with Crippen LogP contribution >= 0.6 is 35.6 Å². The molecule has 1 heterocycles. The molecule has 0 atom stereocenters. The number of hydrogen-bond acceptors (Lipinski definition) is 4. The van der Waals surface area contributed by atoms with Gasteiger partial charge in [-0.1, -0.05) is 17.7 Å². The number of rotatable bonds is 6. The maximum Gasteiger partial charge on any atom is 0.193 e. The lowest BCUT2D eigenvalue weighted by molar-refractivity contribution is 0.405. The average Bonchev–Trinajstić information content (AvgIpc) is 2.56. The second-order valence-corrected chi connectivity index (χ2v) is 5.08. The highest BCUT2D eigenvalue weighted by Gasteiger charge is 2.06. The van der Waals surface area contributed by atoms with Crippen molar-refractivity contribution >= 4 is 47.2 Å². The van der Waals surface area contributed by atoms with Gasteiger partial charge in [0.25, 0.3) is 0 Å². The highest BCUT2D eigenvalue weighted by molar-refractivity contribution is 14.0. The van der Waals surface area contributed by atoms with Gasteiger partial charge in [0.15, 0.2) is 5.96 Å². The molecular formula is C16H20ClIN4O2. The van der Waals surface area contributed by atoms with Crippen LogP contribution in [0.4, 0.5) is 5.69 Å². The van der Waals surface area contributed by atoms with Gasteiger partial charge in [0, 0.05) is 18.8 Å². The van der Waals surface area contributed by atoms with E-state index in [0.29, 0.717) is 34.8 Å². The molecule has 24 heavy (non-hydrogen) atoms. The lowest BCUT2D eigenvalue weighted by atomic mass is 10.2. The monoisotopic (exact) mass is 462 g/mol. The first-order valence-electron chi connectivity index (χ1n) is 7.01. The van der Waals surface area contributed by atoms with Crippen molar-refractivity contribution in [3.63, 3.8) is 0 Å². The van der Waals surface area contributed by atoms with Gasteiger partial charge >= 0.3 is 0 Å². The molecule has 6 nitrogen and oxygen atoms in total. The number of methoxy groups -OCH3 is 2. The van der Waals surface area contributed by atoms with E-state index in [1.165, 1.54) is 0 Å². The van der Waals surface area contributed by atoms with Gasteiger partial charge in [0.1, 0.15) is 16.7 Å². The van der Waals surface area contributed by atoms with E-state index in [4.69, 9.17) is 26.8 Å². The van der Waals surface area contributed by atoms with E-state index in [-0.39, 0.29) is 24.0 Å². The minimum Gasteiger partial charge on any atom is -0.497 e. The van der Waals surface area contributed by atoms with Gasteiger partial charge in [-0.25, -0.2) is 4.98 Å². The molecule has 0 saturated carbocycles. The molecule has 0 radical (unpaired) electrons. The van der Waals surface area contributed by atoms with Gasteiger partial charge in [0.2, 0.25) is 0 Å². The van der Waals surface area contributed by atoms with Crippen LogP contribution in [0.3, 0.4) is 0 Å². The summed E-state index contributed by atoms with van der Waals surface area (Å²) in [7, 11) is 3.19. The Balaban J connectivity index is 0.00000288. The van der Waals surface area contributed by atoms with E-state index in [0.717, 1.165) is 12.0 Å². The minimum absolute atomic E-state index is 0. The number of nitrogens with zero attached hydrogens (tertiary/aromatic N) is 2. The molecule has 0 saturated heterocycles. The Morgan fingerprint density at radius 3 is 2.67 bits per heavy atom. The summed E-state index contributed by atoms with van der Waals surface area (Å²) < 4.78 is 10.5. The first kappa shape index (κ1) is 20.3. The van der Waals surface area contributed by atoms with Gasteiger partial charge in [-0.2, -0.15) is 0 Å². The normalized spacial score (nSPS) is 10.7. The quantitative estimate of drug-likeness (QED) is 0.298. The molecule has 0 amide bonds. The molecule has 1 aromatic heterocycles. The van der Waals surface area contributed by atoms with E-state index in [1.54, 1.807) is 38.6 Å². The number of nitrogens with one attached hydrogen (secondary N) is 1. The lowest BCUT2D eigenvalue weighted by Gasteiger charge is -2.12. The van der Waals surface area contributed by atoms with Crippen LogP contribution in [0.15, 0.2) is 41.5 Å². The fourth-order valence-corrected chi connectivity index (χ4v) is 2.06. The zero-order valence-corrected chi connectivity index (χ0v) is 16.5. The number of pyridine rings is 1. The number of anilines is 1. The van der Waals surface area contributed by atoms with Crippen LogP contribution in [0.5, 0.6) is 11.5 Å². The summed E-state index contributed by atoms with van der Waals surface area (Å²) in [6.45, 7) is 0.536. The first-order valence-corrected chi connectivity index (χ1v) is 7.39. The predicted octanol–water partition coefficient (Wildman–Crippen LogP) is 3.34. The number of benzene rings is 1. The number of halogens is 2. The lowest BCUT2D eigenvalue weighted by Crippen LogP contribution is -2.23. The van der Waals surface area contributed by atoms with Crippen molar-refractivity contribution in [1.82, 2.24) is 4.98 Å². The van der Waals surface area contributed by atoms with Gasteiger partial charge in [-0.15, -0.1) is 24.0 Å². The van der Waals surface area contributed by atoms with Crippen LogP contribution in [-0.2, 0) is 6.42 Å². The molecular weight excluding hydrogens is 443 g/mol. The van der Waals surface area contributed by atoms with Crippen molar-refractivity contribution in [2.45, 2.75) is 6.42 Å². The van der Waals surface area contributed by atoms with Gasteiger partial charge in [-0.05, 0) is 30.2 Å². The van der Waals surface area contributed by atoms with E-state index < -0.39 is 0 Å². The summed E-state index contributed by atoms with van der Waals surface area (Å²) in [6.07, 6.45) is 2.45. The third kappa shape index (κ3) is 6.04. The molecule has 0 unspecified atom stereocenters. The van der Waals surface area contributed by atoms with Crippen molar-refractivity contribution in [2.75, 3.05) is 26.1 Å². The number of nitrogens with two attached hydrogens (primary N) is 1. The Bertz CT molecular complexity index is 680. The molecule has 3 N–H and O–H groups in total. The fraction of sp³-hybridized carbons (Fsp3) is 0.250. The van der Waals surface area contributed by atoms with Gasteiger partial charge in [0.05, 0.1) is 19.9 Å². The maximum atomic E-state index is 5.91. The second kappa shape index (κ2) is 10.2. The highest BCUT2D eigenvalue weighted by Crippen LogP contribution is 2.28. The number of ether oxygens (including phenoxy) is 2. The second-order valence-electron chi connectivity index (χ2n) is 4.70. The average molecular weight is 463 g/mol. The molecule has 8 heteroatoms. The van der Waals surface area contributed by atoms with E-state index in [1.807, 2.05) is 12.1 Å². The van der Waals surface area contributed by atoms with Crippen molar-refractivity contribution < 1.29 is 9.47 Å². The smallest absolute Gasteiger partial charge is 0.193 e. The fourth-order valence-electron chi connectivity index (χ4n) is 1.95. The number of aromatic nitrogens is 1. The van der Waals surface area contributed by atoms with Crippen LogP contribution in [0.2, 0.25) is 5.15 Å². The summed E-state index contributed by atoms with van der Waals surface area (Å²) in [5, 5.41) is 3.49. The molecule has 0 aliphatic heterocycles. The third-order valence-electron chi connectivity index (χ3n) is 3.14. The summed E-state index contributed by atoms with van der Waals surface area (Å²) in [4.78, 5) is 8.32. The third-order valence-corrected chi connectivity index (χ3v) is 3.36. The van der Waals surface area contributed by atoms with Crippen molar-refractivity contribution in [2.24, 2.45) is 10.7 Å². The van der Waals surface area contributed by atoms with Gasteiger partial charge < -0.3 is 20.5 Å². The van der Waals surface area contributed by atoms with Crippen LogP contribution in [-0.4, -0.2) is 31.7 Å². The van der Waals surface area contributed by atoms with Crippen molar-refractivity contribution in [3.05, 3.63) is 47.2 Å². The van der Waals surface area contributed by atoms with Crippen LogP contribution < -0.4 is 20.5 Å². The molecule has 0 bridgehead atoms. The Hall–Kier alpha value is -1.74. The Morgan fingerprint density at radius 1 is 1.25 bits per heavy atom. The van der Waals surface area contributed by atoms with Crippen LogP contribution in [0, 0.1) is 0 Å². The zero-order valence-electron chi connectivity index (χ0n) is 13.5. The van der Waals surface area contributed by atoms with E-state index >= 15 is 0 Å². The van der Waals surface area contributed by atoms with Crippen molar-refractivity contribution in [3.8, 4) is 11.5 Å². The van der Waals surface area contributed by atoms with Crippen LogP contribution in [0.25, 0.3) is 0 Å². The molecule has 0 fully saturated rings. The minimum atomic E-state index is 0. The molecule has 2 aromatic rings. The number of guanidine groups is 1. The predicted molar refractivity (Wildman–Crippen MR) is 108 cm³/mol. The number of aliphatic imine (C=N–C) groups is 1. The van der Waals surface area contributed by atoms with E-state index in [2.05, 4.69) is 15.3 Å². The summed E-state index contributed by atoms with van der Waals surface area (Å²) in [5.41, 5.74) is 7.66. The molecule has 0 aliphatic carbocycles. The number of hydrogen-bond donors (Lipinski definition) is 2. The Morgan fingerprint density at radius 2 is 2.04 bits per heavy atom. The summed E-state index contributed by atoms with van der Waals surface area (Å²) >= 11 is 5.75. The molecule has 0 aliphatic rings. The highest BCUT2D eigenvalue weighted by atomic mass is 127. The molecule has 1 aromatic carbocycles. The molecule has 130 valence electrons. The zero-order chi connectivity index (χ0) is 16.7. The maximum absolute atomic E-state index is 5.91. The topological polar surface area (TPSA) is 81.8 Å². The standard InChI is InChI=1S/C16H19ClN4O2.HI/c1-22-12-4-5-14(23-2)13(9-12)21-16(18)19-8-7-11-3-6-15(17)20-10-11;/h3-6,9-10H,7-8H2,1-2H3,(H3,18,19,21);1H. The largest absolute Gasteiger partial charge is 0.497 e.